The topological polar surface area (TPSA) is 73.2 Å². The second kappa shape index (κ2) is 6.71. The van der Waals surface area contributed by atoms with Crippen molar-refractivity contribution in [2.24, 2.45) is 0 Å². The minimum Gasteiger partial charge on any atom is -0.290 e. The molecule has 1 aliphatic rings. The number of piperidine rings is 1. The van der Waals surface area contributed by atoms with Gasteiger partial charge in [-0.05, 0) is 31.0 Å². The van der Waals surface area contributed by atoms with E-state index in [4.69, 9.17) is 16.9 Å². The van der Waals surface area contributed by atoms with E-state index in [-0.39, 0.29) is 16.0 Å². The predicted octanol–water partition coefficient (Wildman–Crippen LogP) is 1.75. The summed E-state index contributed by atoms with van der Waals surface area (Å²) < 4.78 is 40.3. The Morgan fingerprint density at radius 2 is 2.10 bits per heavy atom. The van der Waals surface area contributed by atoms with Crippen LogP contribution in [-0.2, 0) is 10.0 Å². The third-order valence-corrected chi connectivity index (χ3v) is 5.39. The smallest absolute Gasteiger partial charge is 0.242 e. The SMILES string of the molecule is N#CCN1CCC(NS(=O)(=O)c2cc(F)ccc2Cl)CC1. The molecule has 2 rings (SSSR count). The zero-order valence-corrected chi connectivity index (χ0v) is 12.8. The van der Waals surface area contributed by atoms with Crippen LogP contribution in [0.25, 0.3) is 0 Å². The first-order valence-electron chi connectivity index (χ1n) is 6.49. The maximum atomic E-state index is 13.2. The van der Waals surface area contributed by atoms with E-state index in [2.05, 4.69) is 10.8 Å². The molecule has 21 heavy (non-hydrogen) atoms. The van der Waals surface area contributed by atoms with Gasteiger partial charge >= 0.3 is 0 Å². The molecule has 0 spiro atoms. The highest BCUT2D eigenvalue weighted by molar-refractivity contribution is 7.89. The van der Waals surface area contributed by atoms with Crippen molar-refractivity contribution >= 4 is 21.6 Å². The molecule has 5 nitrogen and oxygen atoms in total. The Bertz CT molecular complexity index is 652. The molecule has 0 radical (unpaired) electrons. The normalized spacial score (nSPS) is 17.6. The monoisotopic (exact) mass is 331 g/mol. The molecule has 0 unspecified atom stereocenters. The van der Waals surface area contributed by atoms with Crippen LogP contribution >= 0.6 is 11.6 Å². The number of benzene rings is 1. The van der Waals surface area contributed by atoms with Gasteiger partial charge in [-0.2, -0.15) is 5.26 Å². The van der Waals surface area contributed by atoms with Crippen LogP contribution in [0.1, 0.15) is 12.8 Å². The van der Waals surface area contributed by atoms with E-state index in [1.807, 2.05) is 4.90 Å². The van der Waals surface area contributed by atoms with Gasteiger partial charge < -0.3 is 0 Å². The molecule has 0 amide bonds. The van der Waals surface area contributed by atoms with Crippen molar-refractivity contribution in [2.45, 2.75) is 23.8 Å². The summed E-state index contributed by atoms with van der Waals surface area (Å²) in [5, 5.41) is 8.61. The van der Waals surface area contributed by atoms with Crippen molar-refractivity contribution in [3.63, 3.8) is 0 Å². The standard InChI is InChI=1S/C13H15ClFN3O2S/c14-12-2-1-10(15)9-13(12)21(19,20)17-11-3-6-18(7-4-11)8-5-16/h1-2,9,11,17H,3-4,6-8H2. The quantitative estimate of drug-likeness (QED) is 0.853. The summed E-state index contributed by atoms with van der Waals surface area (Å²) in [5.41, 5.74) is 0. The number of rotatable bonds is 4. The summed E-state index contributed by atoms with van der Waals surface area (Å²) in [6.07, 6.45) is 1.21. The number of likely N-dealkylation sites (tertiary alicyclic amines) is 1. The highest BCUT2D eigenvalue weighted by Crippen LogP contribution is 2.23. The minimum atomic E-state index is -3.85. The molecule has 1 N–H and O–H groups in total. The molecule has 1 heterocycles. The van der Waals surface area contributed by atoms with Crippen LogP contribution in [0.3, 0.4) is 0 Å². The van der Waals surface area contributed by atoms with E-state index < -0.39 is 15.8 Å². The lowest BCUT2D eigenvalue weighted by Crippen LogP contribution is -2.44. The minimum absolute atomic E-state index is 0.00850. The summed E-state index contributed by atoms with van der Waals surface area (Å²) in [6.45, 7) is 1.64. The molecular formula is C13H15ClFN3O2S. The Hall–Kier alpha value is -1.20. The van der Waals surface area contributed by atoms with Crippen molar-refractivity contribution in [3.8, 4) is 6.07 Å². The first-order chi connectivity index (χ1) is 9.92. The lowest BCUT2D eigenvalue weighted by molar-refractivity contribution is 0.229. The number of sulfonamides is 1. The van der Waals surface area contributed by atoms with E-state index in [1.165, 1.54) is 6.07 Å². The zero-order chi connectivity index (χ0) is 15.5. The third kappa shape index (κ3) is 4.14. The second-order valence-electron chi connectivity index (χ2n) is 4.90. The number of nitrogens with zero attached hydrogens (tertiary/aromatic N) is 2. The van der Waals surface area contributed by atoms with Gasteiger partial charge in [0.05, 0.1) is 17.6 Å². The molecule has 0 atom stereocenters. The van der Waals surface area contributed by atoms with E-state index in [0.29, 0.717) is 32.5 Å². The van der Waals surface area contributed by atoms with Crippen molar-refractivity contribution < 1.29 is 12.8 Å². The average molecular weight is 332 g/mol. The fourth-order valence-corrected chi connectivity index (χ4v) is 4.09. The summed E-state index contributed by atoms with van der Waals surface area (Å²) in [6, 6.07) is 5.08. The number of halogens is 2. The van der Waals surface area contributed by atoms with Crippen molar-refractivity contribution in [2.75, 3.05) is 19.6 Å². The molecule has 0 saturated carbocycles. The maximum Gasteiger partial charge on any atom is 0.242 e. The molecule has 0 aromatic heterocycles. The highest BCUT2D eigenvalue weighted by atomic mass is 35.5. The molecule has 8 heteroatoms. The Balaban J connectivity index is 2.06. The number of nitriles is 1. The number of hydrogen-bond acceptors (Lipinski definition) is 4. The number of hydrogen-bond donors (Lipinski definition) is 1. The van der Waals surface area contributed by atoms with Gasteiger partial charge in [0.1, 0.15) is 10.7 Å². The summed E-state index contributed by atoms with van der Waals surface area (Å²) in [4.78, 5) is 1.71. The van der Waals surface area contributed by atoms with Crippen LogP contribution in [-0.4, -0.2) is 39.0 Å². The molecule has 0 aliphatic carbocycles. The summed E-state index contributed by atoms with van der Waals surface area (Å²) in [7, 11) is -3.85. The van der Waals surface area contributed by atoms with E-state index in [0.717, 1.165) is 12.1 Å². The molecular weight excluding hydrogens is 317 g/mol. The molecule has 1 saturated heterocycles. The Morgan fingerprint density at radius 1 is 1.43 bits per heavy atom. The predicted molar refractivity (Wildman–Crippen MR) is 76.8 cm³/mol. The van der Waals surface area contributed by atoms with Crippen LogP contribution < -0.4 is 4.72 Å². The van der Waals surface area contributed by atoms with Crippen LogP contribution in [0.5, 0.6) is 0 Å². The van der Waals surface area contributed by atoms with Gasteiger partial charge in [-0.15, -0.1) is 0 Å². The molecule has 114 valence electrons. The van der Waals surface area contributed by atoms with Gasteiger partial charge in [0, 0.05) is 19.1 Å². The van der Waals surface area contributed by atoms with Crippen LogP contribution in [0.2, 0.25) is 5.02 Å². The number of nitrogens with one attached hydrogen (secondary N) is 1. The largest absolute Gasteiger partial charge is 0.290 e. The van der Waals surface area contributed by atoms with Crippen molar-refractivity contribution in [1.29, 1.82) is 5.26 Å². The second-order valence-corrected chi connectivity index (χ2v) is 6.99. The van der Waals surface area contributed by atoms with Gasteiger partial charge in [-0.1, -0.05) is 11.6 Å². The Labute approximate surface area is 128 Å². The van der Waals surface area contributed by atoms with Gasteiger partial charge in [-0.3, -0.25) is 4.90 Å². The molecule has 1 aliphatic heterocycles. The lowest BCUT2D eigenvalue weighted by atomic mass is 10.1. The summed E-state index contributed by atoms with van der Waals surface area (Å²) >= 11 is 5.83. The van der Waals surface area contributed by atoms with E-state index in [9.17, 15) is 12.8 Å². The zero-order valence-electron chi connectivity index (χ0n) is 11.2. The third-order valence-electron chi connectivity index (χ3n) is 3.39. The molecule has 0 bridgehead atoms. The van der Waals surface area contributed by atoms with Gasteiger partial charge in [0.2, 0.25) is 10.0 Å². The van der Waals surface area contributed by atoms with Gasteiger partial charge in [-0.25, -0.2) is 17.5 Å². The molecule has 1 aromatic rings. The molecule has 1 fully saturated rings. The van der Waals surface area contributed by atoms with Crippen LogP contribution in [0.15, 0.2) is 23.1 Å². The highest BCUT2D eigenvalue weighted by Gasteiger charge is 2.26. The van der Waals surface area contributed by atoms with Gasteiger partial charge in [0.25, 0.3) is 0 Å². The maximum absolute atomic E-state index is 13.2. The van der Waals surface area contributed by atoms with Crippen molar-refractivity contribution in [1.82, 2.24) is 9.62 Å². The summed E-state index contributed by atoms with van der Waals surface area (Å²) in [5.74, 6) is -0.649. The first-order valence-corrected chi connectivity index (χ1v) is 8.35. The van der Waals surface area contributed by atoms with E-state index in [1.54, 1.807) is 0 Å². The Kier molecular flexibility index (Phi) is 5.17. The van der Waals surface area contributed by atoms with E-state index >= 15 is 0 Å². The lowest BCUT2D eigenvalue weighted by Gasteiger charge is -2.30. The average Bonchev–Trinajstić information content (AvgIpc) is 2.43. The van der Waals surface area contributed by atoms with Gasteiger partial charge in [0.15, 0.2) is 0 Å². The van der Waals surface area contributed by atoms with Crippen molar-refractivity contribution in [3.05, 3.63) is 29.0 Å². The fourth-order valence-electron chi connectivity index (χ4n) is 2.27. The fraction of sp³-hybridized carbons (Fsp3) is 0.462. The first kappa shape index (κ1) is 16.2. The Morgan fingerprint density at radius 3 is 2.71 bits per heavy atom. The van der Waals surface area contributed by atoms with Crippen LogP contribution in [0, 0.1) is 17.1 Å². The molecule has 1 aromatic carbocycles. The van der Waals surface area contributed by atoms with Crippen LogP contribution in [0.4, 0.5) is 4.39 Å².